The van der Waals surface area contributed by atoms with Crippen molar-refractivity contribution < 1.29 is 46.1 Å². The van der Waals surface area contributed by atoms with E-state index in [-0.39, 0.29) is 46.5 Å². The fourth-order valence-electron chi connectivity index (χ4n) is 8.14. The summed E-state index contributed by atoms with van der Waals surface area (Å²) in [7, 11) is 0. The van der Waals surface area contributed by atoms with E-state index in [4.69, 9.17) is 23.2 Å². The molecule has 0 heterocycles. The van der Waals surface area contributed by atoms with Crippen molar-refractivity contribution in [2.24, 2.45) is 0 Å². The summed E-state index contributed by atoms with van der Waals surface area (Å²) < 4.78 is 3.47. The molecule has 274 valence electrons. The van der Waals surface area contributed by atoms with Crippen LogP contribution in [0, 0.1) is 0 Å². The second-order valence-corrected chi connectivity index (χ2v) is 25.5. The van der Waals surface area contributed by atoms with E-state index in [1.807, 2.05) is 12.1 Å². The summed E-state index contributed by atoms with van der Waals surface area (Å²) in [6.07, 6.45) is 10.4. The van der Waals surface area contributed by atoms with Crippen LogP contribution in [0.3, 0.4) is 0 Å². The van der Waals surface area contributed by atoms with Crippen LogP contribution < -0.4 is 28.1 Å². The topological polar surface area (TPSA) is 0 Å². The van der Waals surface area contributed by atoms with Crippen molar-refractivity contribution in [2.45, 2.75) is 115 Å². The third-order valence-electron chi connectivity index (χ3n) is 10.4. The van der Waals surface area contributed by atoms with E-state index in [1.54, 1.807) is 14.4 Å². The molecular formula is C47H54Cl4Zr. The molecule has 0 aliphatic heterocycles. The maximum Gasteiger partial charge on any atom is -1.00 e. The van der Waals surface area contributed by atoms with E-state index in [0.29, 0.717) is 3.63 Å². The Morgan fingerprint density at radius 1 is 0.577 bits per heavy atom. The predicted molar refractivity (Wildman–Crippen MR) is 217 cm³/mol. The Hall–Kier alpha value is -1.73. The van der Waals surface area contributed by atoms with Gasteiger partial charge in [0, 0.05) is 0 Å². The van der Waals surface area contributed by atoms with Crippen molar-refractivity contribution in [1.82, 2.24) is 0 Å². The molecule has 52 heavy (non-hydrogen) atoms. The first-order valence-corrected chi connectivity index (χ1v) is 22.8. The minimum Gasteiger partial charge on any atom is -1.00 e. The standard InChI is InChI=1S/C29H41.C13H8Cl2.C5H5.2ClH.Zr/c1-26(2,3)22-14-18-13-19-15-23(27(4,5)6)25(29(10,11)12)17-21(19)20(18)16-24(22)28(7,8)9;14-12-5-1-3-10(8-12)7-11-4-2-6-13(15)9-11;1-2-4-5-3-1;;;/h14,16-17H,13H2,1-12H3;1-6,8-9H;1-5H;2*1H;/q;;;;;+2/p-2. The van der Waals surface area contributed by atoms with E-state index in [2.05, 4.69) is 162 Å². The molecular weight excluding hydrogens is 798 g/mol. The van der Waals surface area contributed by atoms with Gasteiger partial charge in [-0.1, -0.05) is 0 Å². The number of benzene rings is 4. The summed E-state index contributed by atoms with van der Waals surface area (Å²) in [6, 6.07) is 24.9. The number of rotatable bonds is 4. The van der Waals surface area contributed by atoms with Gasteiger partial charge < -0.3 is 24.8 Å². The van der Waals surface area contributed by atoms with Crippen molar-refractivity contribution in [2.75, 3.05) is 0 Å². The SMILES string of the molecule is CC(C)(C)c1cc2c(cc1C(C)(C)C)-c1cc(C(C)(C)C)c(C(C)(C)C)[c]([Zr+2](=[C](c3cccc(Cl)c3)c3cccc(Cl)c3)[CH]3C=CC=C3)c1C2.[Cl-].[Cl-]. The van der Waals surface area contributed by atoms with Crippen LogP contribution in [0.1, 0.15) is 128 Å². The molecule has 0 spiro atoms. The van der Waals surface area contributed by atoms with E-state index >= 15 is 0 Å². The first kappa shape index (κ1) is 43.0. The number of allylic oxidation sites excluding steroid dienone is 4. The van der Waals surface area contributed by atoms with Crippen molar-refractivity contribution in [3.63, 3.8) is 0 Å². The summed E-state index contributed by atoms with van der Waals surface area (Å²) in [4.78, 5) is 0. The van der Waals surface area contributed by atoms with Gasteiger partial charge in [-0.15, -0.1) is 0 Å². The van der Waals surface area contributed by atoms with Gasteiger partial charge in [0.1, 0.15) is 0 Å². The molecule has 0 N–H and O–H groups in total. The summed E-state index contributed by atoms with van der Waals surface area (Å²) in [5, 5.41) is 1.53. The van der Waals surface area contributed by atoms with Crippen LogP contribution in [0.4, 0.5) is 0 Å². The number of hydrogen-bond donors (Lipinski definition) is 0. The van der Waals surface area contributed by atoms with Crippen LogP contribution in [-0.4, -0.2) is 3.21 Å². The van der Waals surface area contributed by atoms with Gasteiger partial charge >= 0.3 is 322 Å². The monoisotopic (exact) mass is 848 g/mol. The first-order valence-electron chi connectivity index (χ1n) is 18.2. The van der Waals surface area contributed by atoms with Gasteiger partial charge in [0.25, 0.3) is 0 Å². The van der Waals surface area contributed by atoms with E-state index in [9.17, 15) is 0 Å². The third-order valence-corrected chi connectivity index (χ3v) is 18.8. The van der Waals surface area contributed by atoms with Crippen molar-refractivity contribution in [1.29, 1.82) is 0 Å². The molecule has 2 aliphatic carbocycles. The average molecular weight is 852 g/mol. The third kappa shape index (κ3) is 8.41. The molecule has 0 saturated carbocycles. The van der Waals surface area contributed by atoms with Gasteiger partial charge in [-0.05, 0) is 0 Å². The summed E-state index contributed by atoms with van der Waals surface area (Å²) in [5.41, 5.74) is 14.2. The zero-order valence-electron chi connectivity index (χ0n) is 33.0. The molecule has 0 bridgehead atoms. The van der Waals surface area contributed by atoms with Gasteiger partial charge in [-0.25, -0.2) is 0 Å². The van der Waals surface area contributed by atoms with Gasteiger partial charge in [0.2, 0.25) is 0 Å². The molecule has 5 heteroatoms. The molecule has 0 saturated heterocycles. The molecule has 0 amide bonds. The van der Waals surface area contributed by atoms with Crippen LogP contribution in [0.15, 0.2) is 91.0 Å². The molecule has 0 nitrogen and oxygen atoms in total. The first-order chi connectivity index (χ1) is 23.2. The Kier molecular flexibility index (Phi) is 12.8. The fraction of sp³-hybridized carbons (Fsp3) is 0.383. The Bertz CT molecular complexity index is 2030. The second kappa shape index (κ2) is 15.4. The normalized spacial score (nSPS) is 13.9. The Morgan fingerprint density at radius 2 is 1.04 bits per heavy atom. The molecule has 6 rings (SSSR count). The van der Waals surface area contributed by atoms with E-state index < -0.39 is 21.3 Å². The Morgan fingerprint density at radius 3 is 1.48 bits per heavy atom. The second-order valence-electron chi connectivity index (χ2n) is 18.5. The zero-order chi connectivity index (χ0) is 36.6. The maximum absolute atomic E-state index is 6.82. The Labute approximate surface area is 344 Å². The Balaban J connectivity index is 0.00000302. The fourth-order valence-corrected chi connectivity index (χ4v) is 17.8. The van der Waals surface area contributed by atoms with Gasteiger partial charge in [-0.2, -0.15) is 0 Å². The minimum atomic E-state index is -3.03. The molecule has 4 aromatic carbocycles. The number of hydrogen-bond acceptors (Lipinski definition) is 0. The van der Waals surface area contributed by atoms with Gasteiger partial charge in [-0.3, -0.25) is 0 Å². The largest absolute Gasteiger partial charge is 1.00 e. The predicted octanol–water partition coefficient (Wildman–Crippen LogP) is 7.19. The number of halogens is 4. The molecule has 0 atom stereocenters. The van der Waals surface area contributed by atoms with E-state index in [0.717, 1.165) is 16.5 Å². The van der Waals surface area contributed by atoms with Crippen molar-refractivity contribution in [3.8, 4) is 11.1 Å². The maximum atomic E-state index is 6.82. The van der Waals surface area contributed by atoms with Crippen LogP contribution in [0.5, 0.6) is 0 Å². The van der Waals surface area contributed by atoms with Crippen molar-refractivity contribution in [3.05, 3.63) is 146 Å². The van der Waals surface area contributed by atoms with Gasteiger partial charge in [0.05, 0.1) is 0 Å². The molecule has 0 fully saturated rings. The summed E-state index contributed by atoms with van der Waals surface area (Å²) in [6.45, 7) is 28.7. The quantitative estimate of drug-likeness (QED) is 0.180. The summed E-state index contributed by atoms with van der Waals surface area (Å²) >= 11 is 10.6. The molecule has 2 aliphatic rings. The van der Waals surface area contributed by atoms with E-state index in [1.165, 1.54) is 47.7 Å². The van der Waals surface area contributed by atoms with Gasteiger partial charge in [0.15, 0.2) is 0 Å². The van der Waals surface area contributed by atoms with Crippen LogP contribution in [0.25, 0.3) is 11.1 Å². The minimum absolute atomic E-state index is 0. The summed E-state index contributed by atoms with van der Waals surface area (Å²) in [5.74, 6) is 0. The molecule has 4 aromatic rings. The average Bonchev–Trinajstić information content (AvgIpc) is 3.64. The molecule has 0 radical (unpaired) electrons. The number of fused-ring (bicyclic) bond motifs is 3. The van der Waals surface area contributed by atoms with Crippen LogP contribution >= 0.6 is 23.2 Å². The molecule has 0 aromatic heterocycles. The smallest absolute Gasteiger partial charge is 1.00 e. The zero-order valence-corrected chi connectivity index (χ0v) is 38.4. The van der Waals surface area contributed by atoms with Crippen LogP contribution in [0.2, 0.25) is 13.7 Å². The van der Waals surface area contributed by atoms with Crippen LogP contribution in [-0.2, 0) is 49.3 Å². The van der Waals surface area contributed by atoms with Crippen molar-refractivity contribution >= 4 is 29.7 Å². The molecule has 0 unspecified atom stereocenters.